The van der Waals surface area contributed by atoms with Crippen LogP contribution in [-0.4, -0.2) is 24.9 Å². The molecule has 0 saturated heterocycles. The largest absolute Gasteiger partial charge is 0.471 e. The molecule has 5 heteroatoms. The van der Waals surface area contributed by atoms with Crippen LogP contribution in [0.5, 0.6) is 0 Å². The molecule has 0 aliphatic heterocycles. The summed E-state index contributed by atoms with van der Waals surface area (Å²) in [4.78, 5) is 11.2. The van der Waals surface area contributed by atoms with Crippen LogP contribution < -0.4 is 10.3 Å². The third-order valence-corrected chi connectivity index (χ3v) is 2.21. The van der Waals surface area contributed by atoms with Crippen LogP contribution in [0.3, 0.4) is 0 Å². The lowest BCUT2D eigenvalue weighted by molar-refractivity contribution is -0.653. The molecule has 1 aromatic heterocycles. The van der Waals surface area contributed by atoms with Gasteiger partial charge in [0.25, 0.3) is 5.97 Å². The fourth-order valence-corrected chi connectivity index (χ4v) is 1.31. The number of esters is 1. The maximum atomic E-state index is 11.2. The second kappa shape index (κ2) is 4.31. The van der Waals surface area contributed by atoms with Crippen molar-refractivity contribution in [2.24, 2.45) is 14.1 Å². The molecule has 0 spiro atoms. The Labute approximate surface area is 84.7 Å². The molecule has 1 rings (SSSR count). The van der Waals surface area contributed by atoms with E-state index < -0.39 is 0 Å². The predicted molar refractivity (Wildman–Crippen MR) is 53.4 cm³/mol. The Morgan fingerprint density at radius 2 is 2.36 bits per heavy atom. The zero-order chi connectivity index (χ0) is 10.7. The molecule has 0 aliphatic rings. The Balaban J connectivity index is 2.73. The van der Waals surface area contributed by atoms with Crippen molar-refractivity contribution in [1.82, 2.24) is 4.57 Å². The zero-order valence-electron chi connectivity index (χ0n) is 9.02. The third kappa shape index (κ3) is 2.16. The third-order valence-electron chi connectivity index (χ3n) is 2.21. The van der Waals surface area contributed by atoms with E-state index >= 15 is 0 Å². The van der Waals surface area contributed by atoms with Gasteiger partial charge in [-0.15, -0.1) is 5.82 Å². The monoisotopic (exact) mass is 194 g/mol. The van der Waals surface area contributed by atoms with Gasteiger partial charge in [0.05, 0.1) is 21.2 Å². The minimum atomic E-state index is -0.222. The van der Waals surface area contributed by atoms with E-state index in [1.165, 1.54) is 7.11 Å². The number of rotatable bonds is 3. The number of ether oxygens (including phenoxy) is 1. The summed E-state index contributed by atoms with van der Waals surface area (Å²) in [5.74, 6) is -0.439. The second-order valence-electron chi connectivity index (χ2n) is 3.36. The van der Waals surface area contributed by atoms with Crippen LogP contribution in [0.15, 0.2) is 12.4 Å². The van der Waals surface area contributed by atoms with E-state index in [9.17, 15) is 4.79 Å². The van der Waals surface area contributed by atoms with Crippen molar-refractivity contribution < 1.29 is 14.1 Å². The highest BCUT2D eigenvalue weighted by Gasteiger charge is 2.07. The van der Waals surface area contributed by atoms with Crippen LogP contribution in [0.4, 0.5) is 0 Å². The van der Waals surface area contributed by atoms with Crippen LogP contribution >= 0.6 is 0 Å². The zero-order valence-corrected chi connectivity index (χ0v) is 9.02. The van der Waals surface area contributed by atoms with Gasteiger partial charge < -0.3 is 4.74 Å². The summed E-state index contributed by atoms with van der Waals surface area (Å²) < 4.78 is 8.57. The molecule has 4 nitrogen and oxygen atoms in total. The molecule has 0 aliphatic carbocycles. The SMILES string of the molecule is COC(=O)[C@@H](C)[B-]c1n(C)cc[n+]1C. The molecule has 0 amide bonds. The normalized spacial score (nSPS) is 12.6. The van der Waals surface area contributed by atoms with Crippen molar-refractivity contribution in [3.8, 4) is 0 Å². The standard InChI is InChI=1S/C9H15BN2O2/c1-7(8(13)14-4)10-9-11(2)5-6-12(9)3/h5-7H,1-4H3/t7-/m1/s1. The molecule has 2 radical (unpaired) electrons. The summed E-state index contributed by atoms with van der Waals surface area (Å²) in [5.41, 5.74) is 0.989. The van der Waals surface area contributed by atoms with Crippen LogP contribution in [0.2, 0.25) is 5.82 Å². The van der Waals surface area contributed by atoms with Gasteiger partial charge in [0.1, 0.15) is 12.4 Å². The van der Waals surface area contributed by atoms with Gasteiger partial charge in [0.15, 0.2) is 0 Å². The minimum absolute atomic E-state index is 0.216. The minimum Gasteiger partial charge on any atom is -0.471 e. The van der Waals surface area contributed by atoms with Crippen molar-refractivity contribution in [2.75, 3.05) is 7.11 Å². The molecule has 0 N–H and O–H groups in total. The first kappa shape index (κ1) is 10.8. The van der Waals surface area contributed by atoms with E-state index in [1.807, 2.05) is 49.8 Å². The number of hydrogen-bond acceptors (Lipinski definition) is 2. The molecule has 0 aromatic carbocycles. The second-order valence-corrected chi connectivity index (χ2v) is 3.36. The van der Waals surface area contributed by atoms with E-state index in [0.717, 1.165) is 5.72 Å². The summed E-state index contributed by atoms with van der Waals surface area (Å²) in [6, 6.07) is 0. The molecule has 1 heterocycles. The van der Waals surface area contributed by atoms with Crippen molar-refractivity contribution in [2.45, 2.75) is 12.7 Å². The fraction of sp³-hybridized carbons (Fsp3) is 0.556. The van der Waals surface area contributed by atoms with Crippen LogP contribution in [0.1, 0.15) is 6.92 Å². The summed E-state index contributed by atoms with van der Waals surface area (Å²) in [6.45, 7) is 1.82. The van der Waals surface area contributed by atoms with Gasteiger partial charge in [0, 0.05) is 5.72 Å². The molecule has 0 bridgehead atoms. The quantitative estimate of drug-likeness (QED) is 0.357. The molecular formula is C9H15BN2O2. The molecule has 76 valence electrons. The van der Waals surface area contributed by atoms with Gasteiger partial charge in [-0.2, -0.15) is 7.28 Å². The smallest absolute Gasteiger partial charge is 0.267 e. The maximum Gasteiger partial charge on any atom is 0.267 e. The van der Waals surface area contributed by atoms with Crippen LogP contribution in [0.25, 0.3) is 0 Å². The Hall–Kier alpha value is -1.26. The number of hydrogen-bond donors (Lipinski definition) is 0. The summed E-state index contributed by atoms with van der Waals surface area (Å²) in [5, 5.41) is 0. The van der Waals surface area contributed by atoms with Gasteiger partial charge in [-0.1, -0.05) is 6.92 Å². The Morgan fingerprint density at radius 3 is 2.79 bits per heavy atom. The van der Waals surface area contributed by atoms with Gasteiger partial charge in [-0.3, -0.25) is 13.9 Å². The Kier molecular flexibility index (Phi) is 3.33. The molecule has 1 aromatic rings. The highest BCUT2D eigenvalue weighted by molar-refractivity contribution is 6.56. The molecule has 0 unspecified atom stereocenters. The van der Waals surface area contributed by atoms with Gasteiger partial charge in [-0.25, -0.2) is 0 Å². The fourth-order valence-electron chi connectivity index (χ4n) is 1.31. The average molecular weight is 194 g/mol. The van der Waals surface area contributed by atoms with Crippen LogP contribution in [0, 0.1) is 0 Å². The summed E-state index contributed by atoms with van der Waals surface area (Å²) in [6.07, 6.45) is 3.88. The topological polar surface area (TPSA) is 35.1 Å². The van der Waals surface area contributed by atoms with Gasteiger partial charge in [-0.05, 0) is 0 Å². The highest BCUT2D eigenvalue weighted by atomic mass is 16.5. The van der Waals surface area contributed by atoms with Crippen LogP contribution in [-0.2, 0) is 23.6 Å². The molecule has 0 saturated carbocycles. The molecule has 0 fully saturated rings. The van der Waals surface area contributed by atoms with Gasteiger partial charge >= 0.3 is 0 Å². The van der Waals surface area contributed by atoms with Gasteiger partial charge in [0.2, 0.25) is 0 Å². The number of methoxy groups -OCH3 is 1. The number of carbonyl (C=O) groups is 1. The number of nitrogens with zero attached hydrogens (tertiary/aromatic N) is 2. The molecular weight excluding hydrogens is 179 g/mol. The predicted octanol–water partition coefficient (Wildman–Crippen LogP) is -0.839. The Morgan fingerprint density at radius 1 is 1.71 bits per heavy atom. The molecule has 14 heavy (non-hydrogen) atoms. The van der Waals surface area contributed by atoms with Crippen molar-refractivity contribution in [1.29, 1.82) is 0 Å². The summed E-state index contributed by atoms with van der Waals surface area (Å²) >= 11 is 0. The lowest BCUT2D eigenvalue weighted by Gasteiger charge is -2.19. The molecule has 1 atom stereocenters. The average Bonchev–Trinajstić information content (AvgIpc) is 2.48. The maximum absolute atomic E-state index is 11.2. The highest BCUT2D eigenvalue weighted by Crippen LogP contribution is 2.01. The van der Waals surface area contributed by atoms with E-state index in [1.54, 1.807) is 0 Å². The van der Waals surface area contributed by atoms with E-state index in [2.05, 4.69) is 4.74 Å². The first-order chi connectivity index (χ1) is 6.56. The van der Waals surface area contributed by atoms with E-state index in [4.69, 9.17) is 0 Å². The Bertz CT molecular complexity index is 316. The van der Waals surface area contributed by atoms with Crippen molar-refractivity contribution in [3.05, 3.63) is 12.4 Å². The first-order valence-corrected chi connectivity index (χ1v) is 4.50. The van der Waals surface area contributed by atoms with E-state index in [0.29, 0.717) is 0 Å². The number of aromatic nitrogens is 2. The van der Waals surface area contributed by atoms with Crippen molar-refractivity contribution in [3.63, 3.8) is 0 Å². The van der Waals surface area contributed by atoms with Crippen molar-refractivity contribution >= 4 is 19.0 Å². The number of carbonyl (C=O) groups excluding carboxylic acids is 1. The lowest BCUT2D eigenvalue weighted by atomic mass is 9.64. The number of imidazole rings is 1. The summed E-state index contributed by atoms with van der Waals surface area (Å²) in [7, 11) is 7.16. The van der Waals surface area contributed by atoms with E-state index in [-0.39, 0.29) is 11.8 Å². The lowest BCUT2D eigenvalue weighted by Crippen LogP contribution is -2.51. The number of aryl methyl sites for hydroxylation is 2. The first-order valence-electron chi connectivity index (χ1n) is 4.50.